The van der Waals surface area contributed by atoms with E-state index in [9.17, 15) is 18.4 Å². The number of hydrogen-bond acceptors (Lipinski definition) is 2. The van der Waals surface area contributed by atoms with Crippen LogP contribution >= 0.6 is 0 Å². The summed E-state index contributed by atoms with van der Waals surface area (Å²) in [5, 5.41) is 5.59. The van der Waals surface area contributed by atoms with Gasteiger partial charge in [0, 0.05) is 30.1 Å². The van der Waals surface area contributed by atoms with E-state index >= 15 is 0 Å². The average molecular weight is 352 g/mol. The normalized spacial score (nSPS) is 20.4. The van der Waals surface area contributed by atoms with Crippen molar-refractivity contribution in [2.75, 3.05) is 11.9 Å². The van der Waals surface area contributed by atoms with Gasteiger partial charge >= 0.3 is 0 Å². The van der Waals surface area contributed by atoms with Crippen molar-refractivity contribution in [2.45, 2.75) is 46.0 Å². The molecule has 2 rings (SSSR count). The van der Waals surface area contributed by atoms with Crippen LogP contribution in [0.25, 0.3) is 0 Å². The summed E-state index contributed by atoms with van der Waals surface area (Å²) in [7, 11) is 0. The van der Waals surface area contributed by atoms with Crippen molar-refractivity contribution in [2.24, 2.45) is 17.8 Å². The zero-order valence-electron chi connectivity index (χ0n) is 14.8. The number of amides is 2. The summed E-state index contributed by atoms with van der Waals surface area (Å²) in [6.07, 6.45) is 3.54. The highest BCUT2D eigenvalue weighted by Crippen LogP contribution is 2.30. The van der Waals surface area contributed by atoms with Gasteiger partial charge in [-0.1, -0.05) is 13.8 Å². The molecule has 25 heavy (non-hydrogen) atoms. The Kier molecular flexibility index (Phi) is 6.91. The van der Waals surface area contributed by atoms with Gasteiger partial charge in [0.05, 0.1) is 0 Å². The van der Waals surface area contributed by atoms with Crippen LogP contribution in [0.1, 0.15) is 46.0 Å². The van der Waals surface area contributed by atoms with E-state index in [0.29, 0.717) is 38.1 Å². The van der Waals surface area contributed by atoms with Crippen LogP contribution in [-0.2, 0) is 9.59 Å². The molecule has 0 atom stereocenters. The van der Waals surface area contributed by atoms with Crippen LogP contribution in [0.3, 0.4) is 0 Å². The predicted molar refractivity (Wildman–Crippen MR) is 92.9 cm³/mol. The van der Waals surface area contributed by atoms with Crippen molar-refractivity contribution in [3.05, 3.63) is 29.8 Å². The Balaban J connectivity index is 1.78. The number of anilines is 1. The number of benzene rings is 1. The van der Waals surface area contributed by atoms with Gasteiger partial charge in [-0.25, -0.2) is 8.78 Å². The molecular formula is C19H26F2N2O2. The van der Waals surface area contributed by atoms with Crippen molar-refractivity contribution in [1.82, 2.24) is 5.32 Å². The minimum atomic E-state index is -0.987. The minimum absolute atomic E-state index is 0.0422. The summed E-state index contributed by atoms with van der Waals surface area (Å²) in [4.78, 5) is 24.4. The Labute approximate surface area is 147 Å². The van der Waals surface area contributed by atoms with Crippen LogP contribution in [-0.4, -0.2) is 18.4 Å². The number of rotatable bonds is 6. The summed E-state index contributed by atoms with van der Waals surface area (Å²) in [5.41, 5.74) is 0.248. The fourth-order valence-electron chi connectivity index (χ4n) is 3.06. The van der Waals surface area contributed by atoms with Gasteiger partial charge < -0.3 is 10.6 Å². The molecule has 2 amide bonds. The van der Waals surface area contributed by atoms with Gasteiger partial charge in [-0.3, -0.25) is 9.59 Å². The molecular weight excluding hydrogens is 326 g/mol. The predicted octanol–water partition coefficient (Wildman–Crippen LogP) is 3.87. The van der Waals surface area contributed by atoms with Crippen LogP contribution in [0.4, 0.5) is 14.5 Å². The van der Waals surface area contributed by atoms with Crippen molar-refractivity contribution >= 4 is 17.5 Å². The monoisotopic (exact) mass is 352 g/mol. The van der Waals surface area contributed by atoms with E-state index in [4.69, 9.17) is 0 Å². The lowest BCUT2D eigenvalue weighted by Gasteiger charge is -2.27. The summed E-state index contributed by atoms with van der Waals surface area (Å²) >= 11 is 0. The highest BCUT2D eigenvalue weighted by atomic mass is 19.2. The molecule has 0 aliphatic heterocycles. The van der Waals surface area contributed by atoms with E-state index in [2.05, 4.69) is 24.5 Å². The molecule has 0 unspecified atom stereocenters. The van der Waals surface area contributed by atoms with Gasteiger partial charge in [0.25, 0.3) is 0 Å². The molecule has 1 aromatic rings. The average Bonchev–Trinajstić information content (AvgIpc) is 2.58. The topological polar surface area (TPSA) is 58.2 Å². The molecule has 0 radical (unpaired) electrons. The molecule has 1 aromatic carbocycles. The largest absolute Gasteiger partial charge is 0.356 e. The Morgan fingerprint density at radius 3 is 2.20 bits per heavy atom. The number of carbonyl (C=O) groups is 2. The number of halogens is 2. The molecule has 1 fully saturated rings. The van der Waals surface area contributed by atoms with E-state index < -0.39 is 11.6 Å². The van der Waals surface area contributed by atoms with Crippen LogP contribution in [0.2, 0.25) is 0 Å². The van der Waals surface area contributed by atoms with Crippen LogP contribution < -0.4 is 10.6 Å². The Bertz CT molecular complexity index is 611. The molecule has 0 bridgehead atoms. The molecule has 1 aliphatic rings. The first kappa shape index (κ1) is 19.3. The smallest absolute Gasteiger partial charge is 0.227 e. The second kappa shape index (κ2) is 8.92. The van der Waals surface area contributed by atoms with Crippen molar-refractivity contribution in [3.63, 3.8) is 0 Å². The summed E-state index contributed by atoms with van der Waals surface area (Å²) < 4.78 is 26.1. The maximum absolute atomic E-state index is 13.2. The first-order chi connectivity index (χ1) is 11.9. The number of hydrogen-bond donors (Lipinski definition) is 2. The van der Waals surface area contributed by atoms with Crippen LogP contribution in [0.5, 0.6) is 0 Å². The first-order valence-corrected chi connectivity index (χ1v) is 8.90. The fourth-order valence-corrected chi connectivity index (χ4v) is 3.06. The van der Waals surface area contributed by atoms with Crippen molar-refractivity contribution < 1.29 is 18.4 Å². The second-order valence-electron chi connectivity index (χ2n) is 7.14. The van der Waals surface area contributed by atoms with E-state index in [-0.39, 0.29) is 29.3 Å². The highest BCUT2D eigenvalue weighted by molar-refractivity contribution is 5.92. The van der Waals surface area contributed by atoms with Gasteiger partial charge in [0.1, 0.15) is 0 Å². The minimum Gasteiger partial charge on any atom is -0.356 e. The summed E-state index contributed by atoms with van der Waals surface area (Å²) in [6.45, 7) is 4.92. The molecule has 0 saturated heterocycles. The maximum atomic E-state index is 13.2. The molecule has 0 aromatic heterocycles. The van der Waals surface area contributed by atoms with Gasteiger partial charge in [-0.15, -0.1) is 0 Å². The third-order valence-electron chi connectivity index (χ3n) is 4.68. The molecule has 2 N–H and O–H groups in total. The molecule has 0 spiro atoms. The van der Waals surface area contributed by atoms with Gasteiger partial charge in [0.2, 0.25) is 11.8 Å². The zero-order valence-corrected chi connectivity index (χ0v) is 14.8. The van der Waals surface area contributed by atoms with E-state index in [0.717, 1.165) is 18.6 Å². The fraction of sp³-hybridized carbons (Fsp3) is 0.579. The van der Waals surface area contributed by atoms with E-state index in [1.54, 1.807) is 0 Å². The highest BCUT2D eigenvalue weighted by Gasteiger charge is 2.29. The van der Waals surface area contributed by atoms with E-state index in [1.807, 2.05) is 0 Å². The Morgan fingerprint density at radius 2 is 1.64 bits per heavy atom. The molecule has 4 nitrogen and oxygen atoms in total. The summed E-state index contributed by atoms with van der Waals surface area (Å²) in [5.74, 6) is -1.75. The van der Waals surface area contributed by atoms with Gasteiger partial charge in [0.15, 0.2) is 11.6 Å². The van der Waals surface area contributed by atoms with Gasteiger partial charge in [-0.05, 0) is 50.2 Å². The molecule has 138 valence electrons. The zero-order chi connectivity index (χ0) is 18.4. The van der Waals surface area contributed by atoms with E-state index in [1.165, 1.54) is 6.07 Å². The first-order valence-electron chi connectivity index (χ1n) is 8.90. The third-order valence-corrected chi connectivity index (χ3v) is 4.68. The second-order valence-corrected chi connectivity index (χ2v) is 7.14. The SMILES string of the molecule is CC(C)CCNC(=O)C1CCC(C(=O)Nc2ccc(F)c(F)c2)CC1. The Hall–Kier alpha value is -1.98. The quantitative estimate of drug-likeness (QED) is 0.816. The maximum Gasteiger partial charge on any atom is 0.227 e. The molecule has 0 heterocycles. The lowest BCUT2D eigenvalue weighted by Crippen LogP contribution is -2.36. The Morgan fingerprint density at radius 1 is 1.04 bits per heavy atom. The number of nitrogens with one attached hydrogen (secondary N) is 2. The third kappa shape index (κ3) is 5.80. The van der Waals surface area contributed by atoms with Crippen LogP contribution in [0, 0.1) is 29.4 Å². The van der Waals surface area contributed by atoms with Crippen molar-refractivity contribution in [3.8, 4) is 0 Å². The van der Waals surface area contributed by atoms with Crippen molar-refractivity contribution in [1.29, 1.82) is 0 Å². The molecule has 1 saturated carbocycles. The standard InChI is InChI=1S/C19H26F2N2O2/c1-12(2)9-10-22-18(24)13-3-5-14(6-4-13)19(25)23-15-7-8-16(20)17(21)11-15/h7-8,11-14H,3-6,9-10H2,1-2H3,(H,22,24)(H,23,25). The number of carbonyl (C=O) groups excluding carboxylic acids is 2. The summed E-state index contributed by atoms with van der Waals surface area (Å²) in [6, 6.07) is 3.30. The molecule has 1 aliphatic carbocycles. The lowest BCUT2D eigenvalue weighted by molar-refractivity contribution is -0.128. The van der Waals surface area contributed by atoms with Gasteiger partial charge in [-0.2, -0.15) is 0 Å². The molecule has 6 heteroatoms. The lowest BCUT2D eigenvalue weighted by atomic mass is 9.81. The van der Waals surface area contributed by atoms with Crippen LogP contribution in [0.15, 0.2) is 18.2 Å².